The average Bonchev–Trinajstić information content (AvgIpc) is 2.40. The van der Waals surface area contributed by atoms with Crippen LogP contribution in [0.15, 0.2) is 0 Å². The first-order valence-electron chi connectivity index (χ1n) is 4.93. The Bertz CT molecular complexity index is 235. The Hall–Kier alpha value is -0.750. The standard InChI is InChI=1S/C9H15F2NO3/c1-2-6(13)4-12-5-7-3-9(10,11)8(14)15-7/h6-7,12-13H,2-5H2,1H3. The fraction of sp³-hybridized carbons (Fsp3) is 0.889. The van der Waals surface area contributed by atoms with E-state index in [9.17, 15) is 13.6 Å². The van der Waals surface area contributed by atoms with Gasteiger partial charge in [-0.05, 0) is 6.42 Å². The van der Waals surface area contributed by atoms with Gasteiger partial charge in [-0.1, -0.05) is 6.92 Å². The summed E-state index contributed by atoms with van der Waals surface area (Å²) < 4.78 is 29.8. The van der Waals surface area contributed by atoms with Crippen LogP contribution in [0, 0.1) is 0 Å². The van der Waals surface area contributed by atoms with Crippen LogP contribution in [-0.4, -0.2) is 42.3 Å². The van der Waals surface area contributed by atoms with Crippen LogP contribution in [0.5, 0.6) is 0 Å². The van der Waals surface area contributed by atoms with E-state index in [4.69, 9.17) is 5.11 Å². The molecule has 4 nitrogen and oxygen atoms in total. The first-order valence-corrected chi connectivity index (χ1v) is 4.93. The summed E-state index contributed by atoms with van der Waals surface area (Å²) in [6.45, 7) is 2.28. The summed E-state index contributed by atoms with van der Waals surface area (Å²) in [5, 5.41) is 11.9. The summed E-state index contributed by atoms with van der Waals surface area (Å²) >= 11 is 0. The highest BCUT2D eigenvalue weighted by Crippen LogP contribution is 2.30. The van der Waals surface area contributed by atoms with Gasteiger partial charge < -0.3 is 15.2 Å². The van der Waals surface area contributed by atoms with Gasteiger partial charge in [0.25, 0.3) is 0 Å². The molecule has 0 aromatic heterocycles. The van der Waals surface area contributed by atoms with Gasteiger partial charge in [-0.3, -0.25) is 0 Å². The van der Waals surface area contributed by atoms with Gasteiger partial charge in [-0.2, -0.15) is 8.78 Å². The Labute approximate surface area is 86.6 Å². The van der Waals surface area contributed by atoms with Gasteiger partial charge in [0, 0.05) is 13.1 Å². The summed E-state index contributed by atoms with van der Waals surface area (Å²) in [6, 6.07) is 0. The van der Waals surface area contributed by atoms with Crippen LogP contribution in [0.1, 0.15) is 19.8 Å². The number of aliphatic hydroxyl groups excluding tert-OH is 1. The van der Waals surface area contributed by atoms with E-state index in [1.165, 1.54) is 0 Å². The van der Waals surface area contributed by atoms with Crippen molar-refractivity contribution in [2.45, 2.75) is 37.9 Å². The lowest BCUT2D eigenvalue weighted by Crippen LogP contribution is -2.33. The molecule has 0 bridgehead atoms. The molecule has 2 unspecified atom stereocenters. The lowest BCUT2D eigenvalue weighted by atomic mass is 10.2. The molecule has 1 aliphatic heterocycles. The molecular weight excluding hydrogens is 208 g/mol. The molecule has 0 spiro atoms. The first-order chi connectivity index (χ1) is 6.95. The smallest absolute Gasteiger partial charge is 0.377 e. The van der Waals surface area contributed by atoms with Crippen molar-refractivity contribution in [1.82, 2.24) is 5.32 Å². The van der Waals surface area contributed by atoms with Crippen molar-refractivity contribution in [1.29, 1.82) is 0 Å². The third-order valence-corrected chi connectivity index (χ3v) is 2.28. The van der Waals surface area contributed by atoms with E-state index in [2.05, 4.69) is 10.1 Å². The third-order valence-electron chi connectivity index (χ3n) is 2.28. The van der Waals surface area contributed by atoms with Crippen LogP contribution >= 0.6 is 0 Å². The lowest BCUT2D eigenvalue weighted by molar-refractivity contribution is -0.159. The highest BCUT2D eigenvalue weighted by molar-refractivity contribution is 5.79. The van der Waals surface area contributed by atoms with Gasteiger partial charge >= 0.3 is 11.9 Å². The van der Waals surface area contributed by atoms with Gasteiger partial charge in [0.1, 0.15) is 6.10 Å². The van der Waals surface area contributed by atoms with Crippen LogP contribution in [-0.2, 0) is 9.53 Å². The predicted octanol–water partition coefficient (Wildman–Crippen LogP) is 0.298. The fourth-order valence-corrected chi connectivity index (χ4v) is 1.32. The molecular formula is C9H15F2NO3. The van der Waals surface area contributed by atoms with E-state index < -0.39 is 30.5 Å². The van der Waals surface area contributed by atoms with Crippen LogP contribution in [0.2, 0.25) is 0 Å². The molecule has 0 aromatic rings. The molecule has 6 heteroatoms. The maximum Gasteiger partial charge on any atom is 0.377 e. The zero-order valence-electron chi connectivity index (χ0n) is 8.50. The molecule has 1 aliphatic rings. The molecule has 0 aliphatic carbocycles. The number of aliphatic hydroxyl groups is 1. The quantitative estimate of drug-likeness (QED) is 0.658. The fourth-order valence-electron chi connectivity index (χ4n) is 1.32. The van der Waals surface area contributed by atoms with Crippen LogP contribution in [0.4, 0.5) is 8.78 Å². The normalized spacial score (nSPS) is 26.4. The molecule has 88 valence electrons. The van der Waals surface area contributed by atoms with Crippen LogP contribution < -0.4 is 5.32 Å². The SMILES string of the molecule is CCC(O)CNCC1CC(F)(F)C(=O)O1. The molecule has 0 aromatic carbocycles. The molecule has 0 radical (unpaired) electrons. The van der Waals surface area contributed by atoms with Crippen molar-refractivity contribution < 1.29 is 23.4 Å². The number of carbonyl (C=O) groups is 1. The van der Waals surface area contributed by atoms with Gasteiger partial charge in [-0.25, -0.2) is 4.79 Å². The summed E-state index contributed by atoms with van der Waals surface area (Å²) in [5.41, 5.74) is 0. The Morgan fingerprint density at radius 3 is 2.87 bits per heavy atom. The number of cyclic esters (lactones) is 1. The number of carbonyl (C=O) groups excluding carboxylic acids is 1. The van der Waals surface area contributed by atoms with E-state index in [1.807, 2.05) is 6.92 Å². The zero-order chi connectivity index (χ0) is 11.5. The van der Waals surface area contributed by atoms with Crippen LogP contribution in [0.3, 0.4) is 0 Å². The largest absolute Gasteiger partial charge is 0.456 e. The monoisotopic (exact) mass is 223 g/mol. The topological polar surface area (TPSA) is 58.6 Å². The Morgan fingerprint density at radius 2 is 2.40 bits per heavy atom. The minimum Gasteiger partial charge on any atom is -0.456 e. The molecule has 15 heavy (non-hydrogen) atoms. The number of halogens is 2. The average molecular weight is 223 g/mol. The van der Waals surface area contributed by atoms with Crippen molar-refractivity contribution in [3.05, 3.63) is 0 Å². The minimum absolute atomic E-state index is 0.151. The molecule has 2 N–H and O–H groups in total. The molecule has 1 saturated heterocycles. The van der Waals surface area contributed by atoms with E-state index >= 15 is 0 Å². The number of hydrogen-bond acceptors (Lipinski definition) is 4. The van der Waals surface area contributed by atoms with E-state index in [1.54, 1.807) is 0 Å². The highest BCUT2D eigenvalue weighted by Gasteiger charge is 2.50. The molecule has 1 heterocycles. The molecule has 1 rings (SSSR count). The van der Waals surface area contributed by atoms with Crippen molar-refractivity contribution in [2.24, 2.45) is 0 Å². The van der Waals surface area contributed by atoms with E-state index in [0.29, 0.717) is 13.0 Å². The summed E-state index contributed by atoms with van der Waals surface area (Å²) in [7, 11) is 0. The van der Waals surface area contributed by atoms with Crippen molar-refractivity contribution in [3.8, 4) is 0 Å². The number of nitrogens with one attached hydrogen (secondary N) is 1. The second-order valence-corrected chi connectivity index (χ2v) is 3.66. The minimum atomic E-state index is -3.35. The number of ether oxygens (including phenoxy) is 1. The maximum absolute atomic E-state index is 12.7. The number of hydrogen-bond donors (Lipinski definition) is 2. The first kappa shape index (κ1) is 12.3. The van der Waals surface area contributed by atoms with Gasteiger partial charge in [0.05, 0.1) is 12.5 Å². The Morgan fingerprint density at radius 1 is 1.73 bits per heavy atom. The second kappa shape index (κ2) is 4.85. The molecule has 0 amide bonds. The lowest BCUT2D eigenvalue weighted by Gasteiger charge is -2.12. The number of alkyl halides is 2. The summed E-state index contributed by atoms with van der Waals surface area (Å²) in [4.78, 5) is 10.6. The van der Waals surface area contributed by atoms with Crippen molar-refractivity contribution >= 4 is 5.97 Å². The van der Waals surface area contributed by atoms with Crippen molar-refractivity contribution in [2.75, 3.05) is 13.1 Å². The number of esters is 1. The summed E-state index contributed by atoms with van der Waals surface area (Å²) in [5.74, 6) is -4.80. The van der Waals surface area contributed by atoms with E-state index in [0.717, 1.165) is 0 Å². The van der Waals surface area contributed by atoms with Gasteiger partial charge in [0.15, 0.2) is 0 Å². The zero-order valence-corrected chi connectivity index (χ0v) is 8.50. The van der Waals surface area contributed by atoms with Crippen LogP contribution in [0.25, 0.3) is 0 Å². The second-order valence-electron chi connectivity index (χ2n) is 3.66. The Kier molecular flexibility index (Phi) is 3.98. The number of rotatable bonds is 5. The van der Waals surface area contributed by atoms with Gasteiger partial charge in [0.2, 0.25) is 0 Å². The highest BCUT2D eigenvalue weighted by atomic mass is 19.3. The molecule has 2 atom stereocenters. The molecule has 0 saturated carbocycles. The van der Waals surface area contributed by atoms with Gasteiger partial charge in [-0.15, -0.1) is 0 Å². The summed E-state index contributed by atoms with van der Waals surface area (Å²) in [6.07, 6.45) is -1.28. The van der Waals surface area contributed by atoms with E-state index in [-0.39, 0.29) is 6.54 Å². The molecule has 1 fully saturated rings. The Balaban J connectivity index is 2.22. The van der Waals surface area contributed by atoms with Crippen molar-refractivity contribution in [3.63, 3.8) is 0 Å². The third kappa shape index (κ3) is 3.39. The maximum atomic E-state index is 12.7. The predicted molar refractivity (Wildman–Crippen MR) is 48.6 cm³/mol.